The van der Waals surface area contributed by atoms with E-state index < -0.39 is 0 Å². The van der Waals surface area contributed by atoms with Gasteiger partial charge in [0.1, 0.15) is 11.9 Å². The molecule has 3 aromatic rings. The Hall–Kier alpha value is -3.40. The number of aromatic nitrogens is 1. The highest BCUT2D eigenvalue weighted by Crippen LogP contribution is 2.43. The molecule has 1 aromatic heterocycles. The molecule has 4 heteroatoms. The molecule has 0 bridgehead atoms. The van der Waals surface area contributed by atoms with Gasteiger partial charge in [0.25, 0.3) is 5.91 Å². The van der Waals surface area contributed by atoms with Gasteiger partial charge in [0, 0.05) is 29.3 Å². The number of fused-ring (bicyclic) bond motifs is 3. The maximum Gasteiger partial charge on any atom is 0.251 e. The van der Waals surface area contributed by atoms with Crippen LogP contribution in [0.5, 0.6) is 5.75 Å². The average Bonchev–Trinajstić information content (AvgIpc) is 2.74. The third-order valence-corrected chi connectivity index (χ3v) is 5.03. The van der Waals surface area contributed by atoms with E-state index in [0.717, 1.165) is 28.0 Å². The summed E-state index contributed by atoms with van der Waals surface area (Å²) in [4.78, 5) is 17.0. The fourth-order valence-electron chi connectivity index (χ4n) is 3.56. The van der Waals surface area contributed by atoms with Crippen LogP contribution in [0.4, 0.5) is 0 Å². The van der Waals surface area contributed by atoms with E-state index in [2.05, 4.69) is 16.9 Å². The number of benzene rings is 2. The highest BCUT2D eigenvalue weighted by Gasteiger charge is 2.26. The van der Waals surface area contributed by atoms with Crippen molar-refractivity contribution in [2.24, 2.45) is 0 Å². The monoisotopic (exact) mass is 370 g/mol. The van der Waals surface area contributed by atoms with Gasteiger partial charge in [0.15, 0.2) is 0 Å². The minimum absolute atomic E-state index is 0.0724. The summed E-state index contributed by atoms with van der Waals surface area (Å²) in [5.74, 6) is 0.661. The van der Waals surface area contributed by atoms with E-state index in [1.807, 2.05) is 67.6 Å². The second kappa shape index (κ2) is 7.69. The highest BCUT2D eigenvalue weighted by molar-refractivity contribution is 5.95. The summed E-state index contributed by atoms with van der Waals surface area (Å²) >= 11 is 0. The molecule has 0 radical (unpaired) electrons. The molecule has 0 saturated heterocycles. The molecule has 1 aliphatic heterocycles. The van der Waals surface area contributed by atoms with Crippen LogP contribution in [0, 0.1) is 0 Å². The molecule has 0 aliphatic carbocycles. The van der Waals surface area contributed by atoms with Crippen LogP contribution in [0.1, 0.15) is 47.0 Å². The third kappa shape index (κ3) is 3.41. The molecule has 2 heterocycles. The van der Waals surface area contributed by atoms with Gasteiger partial charge in [-0.15, -0.1) is 6.58 Å². The van der Waals surface area contributed by atoms with Crippen LogP contribution < -0.4 is 10.1 Å². The Kier molecular flexibility index (Phi) is 4.94. The standard InChI is InChI=1S/C24H22N2O2/c1-3-7-22-21-14-18(24(27)26-16(2)17-8-5-4-6-9-17)10-11-19(21)20-12-13-25-15-23(20)28-22/h3-6,8-16,22H,1,7H2,2H3,(H,26,27)/t16-,22?/m1/s1. The number of nitrogens with zero attached hydrogens (tertiary/aromatic N) is 1. The van der Waals surface area contributed by atoms with Gasteiger partial charge in [-0.3, -0.25) is 9.78 Å². The molecule has 4 nitrogen and oxygen atoms in total. The lowest BCUT2D eigenvalue weighted by Crippen LogP contribution is -2.27. The molecule has 1 amide bonds. The van der Waals surface area contributed by atoms with Crippen molar-refractivity contribution in [3.05, 3.63) is 96.3 Å². The second-order valence-corrected chi connectivity index (χ2v) is 6.91. The number of carbonyl (C=O) groups is 1. The molecule has 0 fully saturated rings. The first-order valence-electron chi connectivity index (χ1n) is 9.39. The van der Waals surface area contributed by atoms with Gasteiger partial charge in [0.2, 0.25) is 0 Å². The van der Waals surface area contributed by atoms with E-state index in [0.29, 0.717) is 12.0 Å². The fraction of sp³-hybridized carbons (Fsp3) is 0.167. The zero-order valence-corrected chi connectivity index (χ0v) is 15.8. The van der Waals surface area contributed by atoms with Gasteiger partial charge in [0.05, 0.1) is 12.2 Å². The number of carbonyl (C=O) groups excluding carboxylic acids is 1. The van der Waals surface area contributed by atoms with E-state index >= 15 is 0 Å². The Balaban J connectivity index is 1.65. The molecule has 0 spiro atoms. The van der Waals surface area contributed by atoms with Gasteiger partial charge in [-0.25, -0.2) is 0 Å². The van der Waals surface area contributed by atoms with Gasteiger partial charge in [-0.1, -0.05) is 42.5 Å². The minimum atomic E-state index is -0.177. The van der Waals surface area contributed by atoms with Crippen molar-refractivity contribution in [3.63, 3.8) is 0 Å². The summed E-state index contributed by atoms with van der Waals surface area (Å²) in [5.41, 5.74) is 4.76. The van der Waals surface area contributed by atoms with Crippen LogP contribution in [-0.4, -0.2) is 10.9 Å². The lowest BCUT2D eigenvalue weighted by atomic mass is 9.90. The summed E-state index contributed by atoms with van der Waals surface area (Å²) in [6.45, 7) is 5.82. The first kappa shape index (κ1) is 18.0. The Bertz CT molecular complexity index is 1010. The van der Waals surface area contributed by atoms with E-state index in [4.69, 9.17) is 4.74 Å². The van der Waals surface area contributed by atoms with Gasteiger partial charge < -0.3 is 10.1 Å². The molecule has 1 aliphatic rings. The molecule has 2 aromatic carbocycles. The number of ether oxygens (including phenoxy) is 1. The Labute approximate surface area is 164 Å². The number of amides is 1. The zero-order valence-electron chi connectivity index (χ0n) is 15.8. The number of hydrogen-bond acceptors (Lipinski definition) is 3. The van der Waals surface area contributed by atoms with Gasteiger partial charge in [-0.05, 0) is 36.2 Å². The number of nitrogens with one attached hydrogen (secondary N) is 1. The predicted octanol–water partition coefficient (Wildman–Crippen LogP) is 5.25. The van der Waals surface area contributed by atoms with Gasteiger partial charge >= 0.3 is 0 Å². The first-order valence-corrected chi connectivity index (χ1v) is 9.39. The van der Waals surface area contributed by atoms with Crippen molar-refractivity contribution < 1.29 is 9.53 Å². The van der Waals surface area contributed by atoms with Crippen LogP contribution in [0.15, 0.2) is 79.6 Å². The summed E-state index contributed by atoms with van der Waals surface area (Å²) in [6.07, 6.45) is 5.80. The topological polar surface area (TPSA) is 51.2 Å². The lowest BCUT2D eigenvalue weighted by molar-refractivity contribution is 0.0939. The first-order chi connectivity index (χ1) is 13.7. The fourth-order valence-corrected chi connectivity index (χ4v) is 3.56. The minimum Gasteiger partial charge on any atom is -0.483 e. The highest BCUT2D eigenvalue weighted by atomic mass is 16.5. The molecule has 1 N–H and O–H groups in total. The number of rotatable bonds is 5. The summed E-state index contributed by atoms with van der Waals surface area (Å²) in [6, 6.07) is 17.6. The largest absolute Gasteiger partial charge is 0.483 e. The van der Waals surface area contributed by atoms with Crippen LogP contribution in [-0.2, 0) is 0 Å². The zero-order chi connectivity index (χ0) is 19.5. The molecule has 0 saturated carbocycles. The lowest BCUT2D eigenvalue weighted by Gasteiger charge is -2.28. The van der Waals surface area contributed by atoms with E-state index in [1.54, 1.807) is 12.4 Å². The van der Waals surface area contributed by atoms with E-state index in [9.17, 15) is 4.79 Å². The predicted molar refractivity (Wildman–Crippen MR) is 110 cm³/mol. The van der Waals surface area contributed by atoms with Crippen LogP contribution in [0.2, 0.25) is 0 Å². The Morgan fingerprint density at radius 1 is 1.21 bits per heavy atom. The van der Waals surface area contributed by atoms with Crippen LogP contribution >= 0.6 is 0 Å². The van der Waals surface area contributed by atoms with Crippen molar-refractivity contribution in [1.29, 1.82) is 0 Å². The summed E-state index contributed by atoms with van der Waals surface area (Å²) in [5, 5.41) is 3.08. The van der Waals surface area contributed by atoms with Crippen molar-refractivity contribution in [2.45, 2.75) is 25.5 Å². The SMILES string of the molecule is C=CCC1Oc2cnccc2-c2ccc(C(=O)N[C@H](C)c3ccccc3)cc21. The Morgan fingerprint density at radius 2 is 2.04 bits per heavy atom. The second-order valence-electron chi connectivity index (χ2n) is 6.91. The van der Waals surface area contributed by atoms with Crippen molar-refractivity contribution in [2.75, 3.05) is 0 Å². The molecule has 4 rings (SSSR count). The molecule has 1 unspecified atom stereocenters. The molecule has 2 atom stereocenters. The summed E-state index contributed by atoms with van der Waals surface area (Å²) in [7, 11) is 0. The third-order valence-electron chi connectivity index (χ3n) is 5.03. The Morgan fingerprint density at radius 3 is 2.82 bits per heavy atom. The maximum absolute atomic E-state index is 12.8. The molecular weight excluding hydrogens is 348 g/mol. The van der Waals surface area contributed by atoms with Crippen LogP contribution in [0.3, 0.4) is 0 Å². The smallest absolute Gasteiger partial charge is 0.251 e. The van der Waals surface area contributed by atoms with Gasteiger partial charge in [-0.2, -0.15) is 0 Å². The van der Waals surface area contributed by atoms with E-state index in [-0.39, 0.29) is 18.1 Å². The average molecular weight is 370 g/mol. The number of pyridine rings is 1. The molecular formula is C24H22N2O2. The van der Waals surface area contributed by atoms with Crippen molar-refractivity contribution in [3.8, 4) is 16.9 Å². The quantitative estimate of drug-likeness (QED) is 0.624. The normalized spacial score (nSPS) is 15.5. The maximum atomic E-state index is 12.8. The van der Waals surface area contributed by atoms with Crippen molar-refractivity contribution >= 4 is 5.91 Å². The van der Waals surface area contributed by atoms with E-state index in [1.165, 1.54) is 0 Å². The van der Waals surface area contributed by atoms with Crippen LogP contribution in [0.25, 0.3) is 11.1 Å². The molecule has 140 valence electrons. The molecule has 28 heavy (non-hydrogen) atoms. The number of hydrogen-bond donors (Lipinski definition) is 1. The summed E-state index contributed by atoms with van der Waals surface area (Å²) < 4.78 is 6.12. The van der Waals surface area contributed by atoms with Crippen molar-refractivity contribution in [1.82, 2.24) is 10.3 Å².